The van der Waals surface area contributed by atoms with Gasteiger partial charge in [0.15, 0.2) is 11.5 Å². The molecule has 0 spiro atoms. The van der Waals surface area contributed by atoms with Crippen LogP contribution in [0.25, 0.3) is 11.0 Å². The molecule has 0 saturated heterocycles. The minimum Gasteiger partial charge on any atom is -0.493 e. The van der Waals surface area contributed by atoms with Crippen molar-refractivity contribution in [1.82, 2.24) is 0 Å². The van der Waals surface area contributed by atoms with Crippen LogP contribution in [0.2, 0.25) is 5.02 Å². The summed E-state index contributed by atoms with van der Waals surface area (Å²) >= 11 is 6.49. The van der Waals surface area contributed by atoms with E-state index in [9.17, 15) is 19.5 Å². The molecule has 0 aliphatic carbocycles. The van der Waals surface area contributed by atoms with Crippen LogP contribution < -0.4 is 19.7 Å². The molecule has 11 nitrogen and oxygen atoms in total. The number of fused-ring (bicyclic) bond motifs is 2. The lowest BCUT2D eigenvalue weighted by atomic mass is 9.92. The van der Waals surface area contributed by atoms with Crippen LogP contribution in [-0.2, 0) is 25.5 Å². The van der Waals surface area contributed by atoms with Gasteiger partial charge < -0.3 is 39.1 Å². The van der Waals surface area contributed by atoms with Crippen LogP contribution in [0, 0.1) is 5.41 Å². The van der Waals surface area contributed by atoms with Crippen LogP contribution in [0.15, 0.2) is 65.1 Å². The number of carboxylic acids is 1. The molecule has 1 aromatic heterocycles. The zero-order valence-electron chi connectivity index (χ0n) is 26.5. The van der Waals surface area contributed by atoms with E-state index in [1.165, 1.54) is 14.2 Å². The van der Waals surface area contributed by atoms with Gasteiger partial charge in [-0.25, -0.2) is 0 Å². The number of carbonyl (C=O) groups excluding carboxylic acids is 2. The molecular formula is C35H37ClN2O9. The van der Waals surface area contributed by atoms with Crippen LogP contribution in [0.1, 0.15) is 49.7 Å². The molecule has 12 heteroatoms. The van der Waals surface area contributed by atoms with Gasteiger partial charge >= 0.3 is 5.97 Å². The van der Waals surface area contributed by atoms with Gasteiger partial charge in [-0.15, -0.1) is 0 Å². The molecule has 2 heterocycles. The van der Waals surface area contributed by atoms with Crippen LogP contribution >= 0.6 is 11.6 Å². The number of aliphatic carboxylic acids is 1. The maximum absolute atomic E-state index is 14.3. The molecule has 3 N–H and O–H groups in total. The molecule has 0 radical (unpaired) electrons. The molecular weight excluding hydrogens is 628 g/mol. The van der Waals surface area contributed by atoms with Crippen molar-refractivity contribution in [1.29, 1.82) is 0 Å². The third kappa shape index (κ3) is 7.54. The number of benzene rings is 3. The summed E-state index contributed by atoms with van der Waals surface area (Å²) in [4.78, 5) is 40.4. The van der Waals surface area contributed by atoms with Crippen molar-refractivity contribution in [3.8, 4) is 11.5 Å². The summed E-state index contributed by atoms with van der Waals surface area (Å²) < 4.78 is 23.6. The number of hydrogen-bond acceptors (Lipinski definition) is 8. The van der Waals surface area contributed by atoms with Crippen molar-refractivity contribution in [3.63, 3.8) is 0 Å². The standard InChI is InChI=1S/C35H37ClN2O9/c1-35(2,19-39)18-38-26-11-8-21(36)16-25(26)32(24-6-5-7-28(44-3)33(24)45-4)47-29(34(38)43)17-30(40)37-22-9-12-27-20(14-22)15-23(46-27)10-13-31(41)42/h5-9,11-12,14-16,29,32,39H,10,13,17-19H2,1-4H3,(H,37,40)(H,41,42)/t29?,32-/m1/s1. The number of aliphatic hydroxyl groups is 1. The highest BCUT2D eigenvalue weighted by atomic mass is 35.5. The maximum Gasteiger partial charge on any atom is 0.303 e. The SMILES string of the molecule is COc1cccc([C@H]2OC(CC(=O)Nc3ccc4oc(CCC(=O)O)cc4c3)C(=O)N(CC(C)(C)CO)c3ccc(Cl)cc32)c1OC. The maximum atomic E-state index is 14.3. The van der Waals surface area contributed by atoms with Gasteiger partial charge in [-0.05, 0) is 48.5 Å². The van der Waals surface area contributed by atoms with Gasteiger partial charge in [0.05, 0.1) is 27.1 Å². The largest absolute Gasteiger partial charge is 0.493 e. The second kappa shape index (κ2) is 14.0. The molecule has 0 fully saturated rings. The number of aryl methyl sites for hydroxylation is 1. The average Bonchev–Trinajstić information content (AvgIpc) is 3.42. The van der Waals surface area contributed by atoms with Gasteiger partial charge in [-0.3, -0.25) is 14.4 Å². The fourth-order valence-electron chi connectivity index (χ4n) is 5.62. The summed E-state index contributed by atoms with van der Waals surface area (Å²) in [7, 11) is 3.03. The number of methoxy groups -OCH3 is 2. The summed E-state index contributed by atoms with van der Waals surface area (Å²) in [5, 5.41) is 23.1. The number of carboxylic acid groups (broad SMARTS) is 1. The fraction of sp³-hybridized carbons (Fsp3) is 0.343. The third-order valence-electron chi connectivity index (χ3n) is 7.94. The summed E-state index contributed by atoms with van der Waals surface area (Å²) in [6, 6.07) is 17.3. The predicted octanol–water partition coefficient (Wildman–Crippen LogP) is 5.99. The number of hydrogen-bond donors (Lipinski definition) is 3. The van der Waals surface area contributed by atoms with E-state index < -0.39 is 35.4 Å². The van der Waals surface area contributed by atoms with Crippen molar-refractivity contribution in [2.45, 2.75) is 45.3 Å². The lowest BCUT2D eigenvalue weighted by molar-refractivity contribution is -0.137. The summed E-state index contributed by atoms with van der Waals surface area (Å²) in [6.07, 6.45) is -2.28. The summed E-state index contributed by atoms with van der Waals surface area (Å²) in [6.45, 7) is 3.63. The second-order valence-electron chi connectivity index (χ2n) is 12.1. The number of halogens is 1. The van der Waals surface area contributed by atoms with Crippen LogP contribution in [0.4, 0.5) is 11.4 Å². The number of ether oxygens (including phenoxy) is 3. The number of aliphatic hydroxyl groups excluding tert-OH is 1. The van der Waals surface area contributed by atoms with Gasteiger partial charge in [0, 0.05) is 57.9 Å². The van der Waals surface area contributed by atoms with E-state index in [0.717, 1.165) is 0 Å². The van der Waals surface area contributed by atoms with E-state index in [-0.39, 0.29) is 32.4 Å². The van der Waals surface area contributed by atoms with E-state index >= 15 is 0 Å². The molecule has 0 bridgehead atoms. The van der Waals surface area contributed by atoms with Crippen LogP contribution in [0.5, 0.6) is 11.5 Å². The molecule has 248 valence electrons. The number of rotatable bonds is 12. The summed E-state index contributed by atoms with van der Waals surface area (Å²) in [5.41, 5.74) is 2.02. The first-order valence-corrected chi connectivity index (χ1v) is 15.4. The van der Waals surface area contributed by atoms with Crippen LogP contribution in [0.3, 0.4) is 0 Å². The van der Waals surface area contributed by atoms with Gasteiger partial charge in [0.1, 0.15) is 23.6 Å². The Morgan fingerprint density at radius 3 is 2.53 bits per heavy atom. The zero-order valence-corrected chi connectivity index (χ0v) is 27.3. The Hall–Kier alpha value is -4.58. The molecule has 47 heavy (non-hydrogen) atoms. The summed E-state index contributed by atoms with van der Waals surface area (Å²) in [5.74, 6) is -0.469. The van der Waals surface area contributed by atoms with E-state index in [4.69, 9.17) is 35.3 Å². The first-order chi connectivity index (χ1) is 22.4. The second-order valence-corrected chi connectivity index (χ2v) is 12.6. The highest BCUT2D eigenvalue weighted by Gasteiger charge is 2.40. The van der Waals surface area contributed by atoms with Crippen molar-refractivity contribution in [2.24, 2.45) is 5.41 Å². The Kier molecular flexibility index (Phi) is 10.1. The molecule has 1 aliphatic heterocycles. The van der Waals surface area contributed by atoms with E-state index in [0.29, 0.717) is 55.8 Å². The smallest absolute Gasteiger partial charge is 0.303 e. The lowest BCUT2D eigenvalue weighted by Gasteiger charge is -2.32. The quantitative estimate of drug-likeness (QED) is 0.166. The molecule has 2 amide bonds. The van der Waals surface area contributed by atoms with Gasteiger partial charge in [0.25, 0.3) is 5.91 Å². The molecule has 4 aromatic rings. The Labute approximate surface area is 277 Å². The first kappa shape index (κ1) is 33.8. The number of amides is 2. The molecule has 5 rings (SSSR count). The Bertz CT molecular complexity index is 1800. The average molecular weight is 665 g/mol. The molecule has 0 saturated carbocycles. The monoisotopic (exact) mass is 664 g/mol. The fourth-order valence-corrected chi connectivity index (χ4v) is 5.80. The molecule has 1 aliphatic rings. The number of nitrogens with one attached hydrogen (secondary N) is 1. The van der Waals surface area contributed by atoms with E-state index in [2.05, 4.69) is 5.32 Å². The number of para-hydroxylation sites is 1. The number of furan rings is 1. The Balaban J connectivity index is 1.50. The predicted molar refractivity (Wildman–Crippen MR) is 176 cm³/mol. The molecule has 1 unspecified atom stereocenters. The van der Waals surface area contributed by atoms with E-state index in [1.807, 2.05) is 13.8 Å². The Morgan fingerprint density at radius 2 is 1.83 bits per heavy atom. The van der Waals surface area contributed by atoms with Gasteiger partial charge in [0.2, 0.25) is 5.91 Å². The lowest BCUT2D eigenvalue weighted by Crippen LogP contribution is -2.46. The number of anilines is 2. The highest BCUT2D eigenvalue weighted by Crippen LogP contribution is 2.45. The van der Waals surface area contributed by atoms with Crippen molar-refractivity contribution in [2.75, 3.05) is 37.6 Å². The number of nitrogens with zero attached hydrogens (tertiary/aromatic N) is 1. The van der Waals surface area contributed by atoms with Crippen molar-refractivity contribution in [3.05, 3.63) is 82.6 Å². The normalized spacial score (nSPS) is 16.5. The molecule has 2 atom stereocenters. The van der Waals surface area contributed by atoms with E-state index in [1.54, 1.807) is 65.6 Å². The number of carbonyl (C=O) groups is 3. The van der Waals surface area contributed by atoms with Gasteiger partial charge in [-0.1, -0.05) is 37.6 Å². The molecule has 3 aromatic carbocycles. The zero-order chi connectivity index (χ0) is 33.9. The topological polar surface area (TPSA) is 148 Å². The Morgan fingerprint density at radius 1 is 1.04 bits per heavy atom. The van der Waals surface area contributed by atoms with Crippen molar-refractivity contribution < 1.29 is 43.2 Å². The van der Waals surface area contributed by atoms with Gasteiger partial charge in [-0.2, -0.15) is 0 Å². The van der Waals surface area contributed by atoms with Crippen molar-refractivity contribution >= 4 is 51.7 Å². The van der Waals surface area contributed by atoms with Crippen LogP contribution in [-0.4, -0.2) is 61.5 Å². The minimum atomic E-state index is -1.24. The highest BCUT2D eigenvalue weighted by molar-refractivity contribution is 6.30. The third-order valence-corrected chi connectivity index (χ3v) is 8.18. The minimum absolute atomic E-state index is 0.0654. The first-order valence-electron chi connectivity index (χ1n) is 15.0.